The highest BCUT2D eigenvalue weighted by Gasteiger charge is 2.27. The highest BCUT2D eigenvalue weighted by molar-refractivity contribution is 7.14. The van der Waals surface area contributed by atoms with Crippen LogP contribution < -0.4 is 0 Å². The lowest BCUT2D eigenvalue weighted by molar-refractivity contribution is 0.0786. The Labute approximate surface area is 106 Å². The number of amides is 1. The lowest BCUT2D eigenvalue weighted by Crippen LogP contribution is -2.28. The Hall–Kier alpha value is -0.870. The van der Waals surface area contributed by atoms with Gasteiger partial charge in [0.1, 0.15) is 0 Å². The van der Waals surface area contributed by atoms with Crippen LogP contribution in [0.2, 0.25) is 0 Å². The third-order valence-electron chi connectivity index (χ3n) is 3.44. The Kier molecular flexibility index (Phi) is 3.84. The average molecular weight is 253 g/mol. The molecule has 0 aliphatic carbocycles. The zero-order valence-electron chi connectivity index (χ0n) is 10.4. The van der Waals surface area contributed by atoms with Gasteiger partial charge in [0.25, 0.3) is 5.91 Å². The molecular weight excluding hydrogens is 234 g/mol. The normalized spacial score (nSPS) is 19.9. The van der Waals surface area contributed by atoms with Gasteiger partial charge in [0.05, 0.1) is 4.88 Å². The Balaban J connectivity index is 2.09. The van der Waals surface area contributed by atoms with Gasteiger partial charge in [-0.25, -0.2) is 0 Å². The molecule has 0 aromatic carbocycles. The van der Waals surface area contributed by atoms with Crippen LogP contribution in [0.4, 0.5) is 0 Å². The number of carbonyl (C=O) groups excluding carboxylic acids is 1. The van der Waals surface area contributed by atoms with E-state index in [-0.39, 0.29) is 18.4 Å². The summed E-state index contributed by atoms with van der Waals surface area (Å²) in [6.07, 6.45) is 1.90. The van der Waals surface area contributed by atoms with Crippen molar-refractivity contribution in [3.8, 4) is 0 Å². The third-order valence-corrected chi connectivity index (χ3v) is 4.52. The summed E-state index contributed by atoms with van der Waals surface area (Å²) in [6, 6.07) is 2.02. The molecule has 1 aromatic rings. The summed E-state index contributed by atoms with van der Waals surface area (Å²) in [5.41, 5.74) is 1.27. The molecule has 1 aromatic heterocycles. The summed E-state index contributed by atoms with van der Waals surface area (Å²) in [4.78, 5) is 16.2. The smallest absolute Gasteiger partial charge is 0.263 e. The van der Waals surface area contributed by atoms with Gasteiger partial charge in [0.15, 0.2) is 0 Å². The van der Waals surface area contributed by atoms with E-state index < -0.39 is 0 Å². The van der Waals surface area contributed by atoms with Crippen molar-refractivity contribution in [3.05, 3.63) is 21.4 Å². The number of carbonyl (C=O) groups is 1. The molecule has 17 heavy (non-hydrogen) atoms. The Morgan fingerprint density at radius 3 is 2.94 bits per heavy atom. The lowest BCUT2D eigenvalue weighted by atomic mass is 10.1. The minimum Gasteiger partial charge on any atom is -0.396 e. The van der Waals surface area contributed by atoms with E-state index in [9.17, 15) is 4.79 Å². The van der Waals surface area contributed by atoms with Gasteiger partial charge in [-0.3, -0.25) is 4.79 Å². The lowest BCUT2D eigenvalue weighted by Gasteiger charge is -2.14. The molecule has 0 radical (unpaired) electrons. The van der Waals surface area contributed by atoms with E-state index in [0.29, 0.717) is 6.54 Å². The Bertz CT molecular complexity index is 414. The van der Waals surface area contributed by atoms with Crippen LogP contribution in [0.1, 0.15) is 33.5 Å². The molecule has 94 valence electrons. The molecule has 2 rings (SSSR count). The molecule has 1 aliphatic rings. The predicted octanol–water partition coefficient (Wildman–Crippen LogP) is 2.07. The first-order valence-electron chi connectivity index (χ1n) is 6.15. The van der Waals surface area contributed by atoms with Gasteiger partial charge in [-0.05, 0) is 31.4 Å². The van der Waals surface area contributed by atoms with Crippen LogP contribution in [0.25, 0.3) is 0 Å². The molecule has 1 atom stereocenters. The van der Waals surface area contributed by atoms with Crippen LogP contribution in [-0.2, 0) is 6.42 Å². The van der Waals surface area contributed by atoms with Gasteiger partial charge in [-0.15, -0.1) is 11.3 Å². The second-order valence-electron chi connectivity index (χ2n) is 4.63. The fourth-order valence-electron chi connectivity index (χ4n) is 2.30. The summed E-state index contributed by atoms with van der Waals surface area (Å²) in [5, 5.41) is 9.09. The first-order valence-corrected chi connectivity index (χ1v) is 6.96. The van der Waals surface area contributed by atoms with E-state index in [1.165, 1.54) is 10.4 Å². The van der Waals surface area contributed by atoms with E-state index in [1.807, 2.05) is 11.0 Å². The van der Waals surface area contributed by atoms with E-state index in [2.05, 4.69) is 13.8 Å². The van der Waals surface area contributed by atoms with Gasteiger partial charge in [-0.2, -0.15) is 0 Å². The molecule has 0 saturated carbocycles. The molecule has 1 N–H and O–H groups in total. The molecule has 3 nitrogen and oxygen atoms in total. The van der Waals surface area contributed by atoms with Crippen molar-refractivity contribution in [2.24, 2.45) is 5.92 Å². The maximum Gasteiger partial charge on any atom is 0.263 e. The van der Waals surface area contributed by atoms with Crippen molar-refractivity contribution < 1.29 is 9.90 Å². The van der Waals surface area contributed by atoms with Crippen LogP contribution in [0.3, 0.4) is 0 Å². The monoisotopic (exact) mass is 253 g/mol. The van der Waals surface area contributed by atoms with Crippen molar-refractivity contribution in [1.29, 1.82) is 0 Å². The summed E-state index contributed by atoms with van der Waals surface area (Å²) >= 11 is 1.59. The third kappa shape index (κ3) is 2.53. The highest BCUT2D eigenvalue weighted by Crippen LogP contribution is 2.25. The van der Waals surface area contributed by atoms with Crippen molar-refractivity contribution in [2.75, 3.05) is 19.7 Å². The Morgan fingerprint density at radius 1 is 1.65 bits per heavy atom. The minimum atomic E-state index is 0.133. The number of likely N-dealkylation sites (tertiary alicyclic amines) is 1. The molecular formula is C13H19NO2S. The van der Waals surface area contributed by atoms with E-state index in [1.54, 1.807) is 11.3 Å². The first kappa shape index (κ1) is 12.6. The molecule has 1 aliphatic heterocycles. The summed E-state index contributed by atoms with van der Waals surface area (Å²) in [7, 11) is 0. The highest BCUT2D eigenvalue weighted by atomic mass is 32.1. The number of hydrogen-bond donors (Lipinski definition) is 1. The molecule has 0 bridgehead atoms. The van der Waals surface area contributed by atoms with Crippen molar-refractivity contribution >= 4 is 17.2 Å². The van der Waals surface area contributed by atoms with Gasteiger partial charge in [0.2, 0.25) is 0 Å². The fourth-order valence-corrected chi connectivity index (χ4v) is 3.38. The van der Waals surface area contributed by atoms with Gasteiger partial charge in [0, 0.05) is 30.5 Å². The Morgan fingerprint density at radius 2 is 2.41 bits per heavy atom. The molecule has 4 heteroatoms. The van der Waals surface area contributed by atoms with Crippen molar-refractivity contribution in [1.82, 2.24) is 4.90 Å². The summed E-state index contributed by atoms with van der Waals surface area (Å²) in [5.74, 6) is 0.402. The van der Waals surface area contributed by atoms with E-state index in [0.717, 1.165) is 24.3 Å². The van der Waals surface area contributed by atoms with Crippen LogP contribution in [-0.4, -0.2) is 35.6 Å². The standard InChI is InChI=1S/C13H19NO2S/c1-3-11-6-12(17-9(11)2)13(16)14-5-4-10(7-14)8-15/h6,10,15H,3-5,7-8H2,1-2H3. The number of rotatable bonds is 3. The van der Waals surface area contributed by atoms with E-state index in [4.69, 9.17) is 5.11 Å². The van der Waals surface area contributed by atoms with Gasteiger partial charge < -0.3 is 10.0 Å². The summed E-state index contributed by atoms with van der Waals surface area (Å²) in [6.45, 7) is 5.85. The van der Waals surface area contributed by atoms with Gasteiger partial charge in [-0.1, -0.05) is 6.92 Å². The SMILES string of the molecule is CCc1cc(C(=O)N2CCC(CO)C2)sc1C. The molecule has 1 fully saturated rings. The summed E-state index contributed by atoms with van der Waals surface area (Å²) < 4.78 is 0. The van der Waals surface area contributed by atoms with Crippen molar-refractivity contribution in [2.45, 2.75) is 26.7 Å². The number of aliphatic hydroxyl groups is 1. The van der Waals surface area contributed by atoms with Crippen LogP contribution in [0.5, 0.6) is 0 Å². The largest absolute Gasteiger partial charge is 0.396 e. The number of aliphatic hydroxyl groups excluding tert-OH is 1. The maximum atomic E-state index is 12.2. The van der Waals surface area contributed by atoms with Crippen LogP contribution in [0.15, 0.2) is 6.07 Å². The number of nitrogens with zero attached hydrogens (tertiary/aromatic N) is 1. The maximum absolute atomic E-state index is 12.2. The molecule has 1 saturated heterocycles. The quantitative estimate of drug-likeness (QED) is 0.896. The second-order valence-corrected chi connectivity index (χ2v) is 5.89. The van der Waals surface area contributed by atoms with Crippen LogP contribution in [0, 0.1) is 12.8 Å². The van der Waals surface area contributed by atoms with Gasteiger partial charge >= 0.3 is 0 Å². The fraction of sp³-hybridized carbons (Fsp3) is 0.615. The second kappa shape index (κ2) is 5.19. The average Bonchev–Trinajstić information content (AvgIpc) is 2.94. The van der Waals surface area contributed by atoms with Crippen LogP contribution >= 0.6 is 11.3 Å². The molecule has 2 heterocycles. The molecule has 0 spiro atoms. The van der Waals surface area contributed by atoms with E-state index >= 15 is 0 Å². The first-order chi connectivity index (χ1) is 8.15. The predicted molar refractivity (Wildman–Crippen MR) is 69.5 cm³/mol. The number of aryl methyl sites for hydroxylation is 2. The topological polar surface area (TPSA) is 40.5 Å². The minimum absolute atomic E-state index is 0.133. The zero-order chi connectivity index (χ0) is 12.4. The molecule has 1 amide bonds. The number of hydrogen-bond acceptors (Lipinski definition) is 3. The molecule has 1 unspecified atom stereocenters. The zero-order valence-corrected chi connectivity index (χ0v) is 11.2. The van der Waals surface area contributed by atoms with Crippen molar-refractivity contribution in [3.63, 3.8) is 0 Å². The number of thiophene rings is 1.